The maximum Gasteiger partial charge on any atom is 0.270 e. The van der Waals surface area contributed by atoms with Crippen molar-refractivity contribution >= 4 is 23.2 Å². The van der Waals surface area contributed by atoms with Gasteiger partial charge in [0, 0.05) is 24.4 Å². The molecule has 2 aliphatic rings. The van der Waals surface area contributed by atoms with Crippen molar-refractivity contribution in [2.45, 2.75) is 32.5 Å². The Hall–Kier alpha value is -3.00. The molecule has 0 amide bonds. The van der Waals surface area contributed by atoms with Crippen LogP contribution in [0.1, 0.15) is 36.7 Å². The van der Waals surface area contributed by atoms with Crippen LogP contribution in [0, 0.1) is 12.8 Å². The van der Waals surface area contributed by atoms with Crippen molar-refractivity contribution in [3.8, 4) is 5.75 Å². The van der Waals surface area contributed by atoms with Crippen LogP contribution in [0.2, 0.25) is 0 Å². The average Bonchev–Trinajstić information content (AvgIpc) is 3.11. The van der Waals surface area contributed by atoms with Crippen molar-refractivity contribution in [3.63, 3.8) is 0 Å². The lowest BCUT2D eigenvalue weighted by atomic mass is 9.79. The third kappa shape index (κ3) is 2.55. The van der Waals surface area contributed by atoms with Crippen LogP contribution in [0.25, 0.3) is 6.08 Å². The molecular formula is C21H20N4O3S. The van der Waals surface area contributed by atoms with Crippen molar-refractivity contribution in [2.75, 3.05) is 0 Å². The minimum Gasteiger partial charge on any atom is -0.465 e. The molecule has 2 bridgehead atoms. The molecule has 2 aromatic heterocycles. The van der Waals surface area contributed by atoms with E-state index in [0.717, 1.165) is 16.8 Å². The van der Waals surface area contributed by atoms with Crippen LogP contribution in [0.4, 0.5) is 0 Å². The number of thiazole rings is 1. The Balaban J connectivity index is 1.82. The maximum absolute atomic E-state index is 13.4. The van der Waals surface area contributed by atoms with Crippen molar-refractivity contribution in [1.82, 2.24) is 14.3 Å². The molecule has 0 spiro atoms. The summed E-state index contributed by atoms with van der Waals surface area (Å²) < 4.78 is 10.1. The summed E-state index contributed by atoms with van der Waals surface area (Å²) in [6.07, 6.45) is 3.73. The van der Waals surface area contributed by atoms with E-state index in [9.17, 15) is 9.59 Å². The van der Waals surface area contributed by atoms with Gasteiger partial charge in [0.1, 0.15) is 17.5 Å². The third-order valence-electron chi connectivity index (χ3n) is 5.66. The molecule has 0 unspecified atom stereocenters. The molecule has 0 N–H and O–H groups in total. The summed E-state index contributed by atoms with van der Waals surface area (Å²) in [5.41, 5.74) is 1.39. The fraction of sp³-hybridized carbons (Fsp3) is 0.333. The van der Waals surface area contributed by atoms with Gasteiger partial charge in [0.05, 0.1) is 16.3 Å². The number of carbonyl (C=O) groups is 1. The molecule has 8 heteroatoms. The van der Waals surface area contributed by atoms with Gasteiger partial charge in [0.15, 0.2) is 4.80 Å². The molecule has 1 aromatic carbocycles. The molecular weight excluding hydrogens is 388 g/mol. The number of Topliss-reactive ketones (excluding diaryl/α,β-unsaturated/α-hetero) is 1. The number of ketones is 1. The lowest BCUT2D eigenvalue weighted by Crippen LogP contribution is -2.58. The lowest BCUT2D eigenvalue weighted by Gasteiger charge is -2.45. The summed E-state index contributed by atoms with van der Waals surface area (Å²) in [5, 5.41) is 4.34. The van der Waals surface area contributed by atoms with Gasteiger partial charge in [0.2, 0.25) is 5.72 Å². The first-order chi connectivity index (χ1) is 13.8. The number of nitrogens with zero attached hydrogens (tertiary/aromatic N) is 4. The smallest absolute Gasteiger partial charge is 0.270 e. The molecule has 3 aromatic rings. The van der Waals surface area contributed by atoms with Gasteiger partial charge in [-0.1, -0.05) is 29.5 Å². The van der Waals surface area contributed by atoms with Crippen LogP contribution < -0.4 is 19.6 Å². The predicted molar refractivity (Wildman–Crippen MR) is 109 cm³/mol. The summed E-state index contributed by atoms with van der Waals surface area (Å²) >= 11 is 1.32. The second-order valence-corrected chi connectivity index (χ2v) is 8.76. The number of para-hydroxylation sites is 1. The maximum atomic E-state index is 13.4. The highest BCUT2D eigenvalue weighted by molar-refractivity contribution is 7.07. The van der Waals surface area contributed by atoms with E-state index in [0.29, 0.717) is 15.1 Å². The predicted octanol–water partition coefficient (Wildman–Crippen LogP) is 1.32. The Morgan fingerprint density at radius 2 is 2.10 bits per heavy atom. The van der Waals surface area contributed by atoms with E-state index < -0.39 is 17.7 Å². The van der Waals surface area contributed by atoms with Crippen molar-refractivity contribution < 1.29 is 9.53 Å². The summed E-state index contributed by atoms with van der Waals surface area (Å²) in [6.45, 7) is 5.27. The van der Waals surface area contributed by atoms with Crippen molar-refractivity contribution in [1.29, 1.82) is 0 Å². The van der Waals surface area contributed by atoms with Gasteiger partial charge in [0.25, 0.3) is 5.56 Å². The Bertz CT molecular complexity index is 1350. The van der Waals surface area contributed by atoms with E-state index in [1.807, 2.05) is 57.4 Å². The molecule has 3 atom stereocenters. The minimum atomic E-state index is -1.04. The molecule has 5 rings (SSSR count). The second kappa shape index (κ2) is 6.00. The summed E-state index contributed by atoms with van der Waals surface area (Å²) in [5.74, 6) is 0.0527. The average molecular weight is 408 g/mol. The van der Waals surface area contributed by atoms with Crippen molar-refractivity contribution in [2.24, 2.45) is 18.0 Å². The molecule has 0 aliphatic carbocycles. The molecule has 4 heterocycles. The van der Waals surface area contributed by atoms with E-state index >= 15 is 0 Å². The third-order valence-corrected chi connectivity index (χ3v) is 6.64. The van der Waals surface area contributed by atoms with Crippen LogP contribution in [0.3, 0.4) is 0 Å². The van der Waals surface area contributed by atoms with Gasteiger partial charge in [-0.3, -0.25) is 18.8 Å². The Morgan fingerprint density at radius 1 is 1.34 bits per heavy atom. The number of fused-ring (bicyclic) bond motifs is 6. The summed E-state index contributed by atoms with van der Waals surface area (Å²) in [7, 11) is 1.85. The fourth-order valence-electron chi connectivity index (χ4n) is 4.46. The van der Waals surface area contributed by atoms with Crippen LogP contribution in [0.5, 0.6) is 5.75 Å². The quantitative estimate of drug-likeness (QED) is 0.641. The number of ether oxygens (including phenoxy) is 1. The molecule has 148 valence electrons. The largest absolute Gasteiger partial charge is 0.465 e. The van der Waals surface area contributed by atoms with E-state index in [2.05, 4.69) is 5.10 Å². The zero-order chi connectivity index (χ0) is 20.5. The Kier molecular flexibility index (Phi) is 3.73. The number of rotatable bonds is 2. The highest BCUT2D eigenvalue weighted by Crippen LogP contribution is 2.47. The van der Waals surface area contributed by atoms with E-state index in [4.69, 9.17) is 9.73 Å². The monoisotopic (exact) mass is 408 g/mol. The Labute approximate surface area is 170 Å². The van der Waals surface area contributed by atoms with Gasteiger partial charge >= 0.3 is 0 Å². The SMILES string of the molecule is CC(=O)[C@@H]1[C@H]2c3ccccc3O[C@@]1(C)N=c1sc(=Cc3cn(C)nc3C)c(=O)n12. The summed E-state index contributed by atoms with van der Waals surface area (Å²) in [4.78, 5) is 31.4. The Morgan fingerprint density at radius 3 is 2.79 bits per heavy atom. The van der Waals surface area contributed by atoms with E-state index in [1.54, 1.807) is 9.25 Å². The first-order valence-electron chi connectivity index (χ1n) is 9.40. The normalized spacial score (nSPS) is 25.0. The van der Waals surface area contributed by atoms with Crippen molar-refractivity contribution in [3.05, 3.63) is 67.0 Å². The number of carbonyl (C=O) groups excluding carboxylic acids is 1. The number of hydrogen-bond acceptors (Lipinski definition) is 6. The van der Waals surface area contributed by atoms with Gasteiger partial charge < -0.3 is 4.74 Å². The zero-order valence-electron chi connectivity index (χ0n) is 16.5. The standard InChI is InChI=1S/C21H20N4O3S/c1-11-13(10-24(4)23-11)9-16-19(27)25-18-14-7-5-6-8-15(14)28-21(3,17(18)12(2)26)22-20(25)29-16/h5-10,17-18H,1-4H3/t17-,18-,21-/m1/s1. The molecule has 0 radical (unpaired) electrons. The number of hydrogen-bond donors (Lipinski definition) is 0. The number of aromatic nitrogens is 3. The molecule has 0 saturated heterocycles. The van der Waals surface area contributed by atoms with Crippen LogP contribution in [-0.4, -0.2) is 25.9 Å². The highest BCUT2D eigenvalue weighted by Gasteiger charge is 2.53. The first-order valence-corrected chi connectivity index (χ1v) is 10.2. The van der Waals surface area contributed by atoms with E-state index in [-0.39, 0.29) is 11.3 Å². The van der Waals surface area contributed by atoms with Crippen LogP contribution in [-0.2, 0) is 11.8 Å². The minimum absolute atomic E-state index is 0.0480. The number of aryl methyl sites for hydroxylation is 2. The summed E-state index contributed by atoms with van der Waals surface area (Å²) in [6, 6.07) is 7.13. The lowest BCUT2D eigenvalue weighted by molar-refractivity contribution is -0.132. The van der Waals surface area contributed by atoms with Gasteiger partial charge in [-0.25, -0.2) is 4.99 Å². The van der Waals surface area contributed by atoms with Gasteiger partial charge in [-0.05, 0) is 32.9 Å². The van der Waals surface area contributed by atoms with Gasteiger partial charge in [-0.2, -0.15) is 5.10 Å². The van der Waals surface area contributed by atoms with Gasteiger partial charge in [-0.15, -0.1) is 0 Å². The molecule has 0 saturated carbocycles. The zero-order valence-corrected chi connectivity index (χ0v) is 17.4. The second-order valence-electron chi connectivity index (χ2n) is 7.75. The topological polar surface area (TPSA) is 78.5 Å². The molecule has 2 aliphatic heterocycles. The fourth-order valence-corrected chi connectivity index (χ4v) is 5.55. The molecule has 0 fully saturated rings. The molecule has 7 nitrogen and oxygen atoms in total. The van der Waals surface area contributed by atoms with Crippen LogP contribution in [0.15, 0.2) is 40.2 Å². The highest BCUT2D eigenvalue weighted by atomic mass is 32.1. The number of benzene rings is 1. The first kappa shape index (κ1) is 18.1. The van der Waals surface area contributed by atoms with Crippen LogP contribution >= 0.6 is 11.3 Å². The molecule has 29 heavy (non-hydrogen) atoms. The van der Waals surface area contributed by atoms with E-state index in [1.165, 1.54) is 18.3 Å².